The van der Waals surface area contributed by atoms with Gasteiger partial charge in [0.25, 0.3) is 0 Å². The van der Waals surface area contributed by atoms with Gasteiger partial charge in [0, 0.05) is 24.6 Å². The summed E-state index contributed by atoms with van der Waals surface area (Å²) in [5.41, 5.74) is 0.974. The molecule has 1 aliphatic rings. The number of aliphatic hydroxyl groups is 1. The molecule has 0 radical (unpaired) electrons. The summed E-state index contributed by atoms with van der Waals surface area (Å²) < 4.78 is 0.970. The summed E-state index contributed by atoms with van der Waals surface area (Å²) in [6, 6.07) is 7.60. The zero-order valence-electron chi connectivity index (χ0n) is 10.3. The predicted molar refractivity (Wildman–Crippen MR) is 73.3 cm³/mol. The third kappa shape index (κ3) is 3.10. The lowest BCUT2D eigenvalue weighted by Crippen LogP contribution is -2.44. The maximum Gasteiger partial charge on any atom is 0.227 e. The number of benzene rings is 1. The van der Waals surface area contributed by atoms with Gasteiger partial charge in [0.05, 0.1) is 18.6 Å². The van der Waals surface area contributed by atoms with Crippen molar-refractivity contribution in [2.24, 2.45) is 0 Å². The van der Waals surface area contributed by atoms with E-state index in [0.717, 1.165) is 10.0 Å². The van der Waals surface area contributed by atoms with Crippen LogP contribution in [-0.2, 0) is 11.2 Å². The standard InChI is InChI=1S/C13H17BrN2O2/c1-16(11-7-15-8-12(11)17)13(18)6-9-3-2-4-10(14)5-9/h2-5,11-12,15,17H,6-8H2,1H3/t11-,12-/m0/s1. The van der Waals surface area contributed by atoms with Gasteiger partial charge in [-0.2, -0.15) is 0 Å². The summed E-state index contributed by atoms with van der Waals surface area (Å²) >= 11 is 3.39. The molecule has 5 heteroatoms. The van der Waals surface area contributed by atoms with Gasteiger partial charge in [0.1, 0.15) is 0 Å². The minimum atomic E-state index is -0.471. The number of amides is 1. The fourth-order valence-corrected chi connectivity index (χ4v) is 2.62. The van der Waals surface area contributed by atoms with Gasteiger partial charge in [0.15, 0.2) is 0 Å². The van der Waals surface area contributed by atoms with E-state index >= 15 is 0 Å². The second-order valence-electron chi connectivity index (χ2n) is 4.60. The van der Waals surface area contributed by atoms with E-state index < -0.39 is 6.10 Å². The van der Waals surface area contributed by atoms with Crippen LogP contribution in [0.3, 0.4) is 0 Å². The number of likely N-dealkylation sites (N-methyl/N-ethyl adjacent to an activating group) is 1. The summed E-state index contributed by atoms with van der Waals surface area (Å²) in [6.45, 7) is 1.21. The highest BCUT2D eigenvalue weighted by Gasteiger charge is 2.30. The Bertz CT molecular complexity index is 439. The predicted octanol–water partition coefficient (Wildman–Crippen LogP) is 0.783. The number of nitrogens with one attached hydrogen (secondary N) is 1. The number of halogens is 1. The third-order valence-corrected chi connectivity index (χ3v) is 3.78. The molecule has 1 heterocycles. The molecule has 0 aromatic heterocycles. The first-order valence-electron chi connectivity index (χ1n) is 5.97. The summed E-state index contributed by atoms with van der Waals surface area (Å²) in [5, 5.41) is 12.8. The smallest absolute Gasteiger partial charge is 0.227 e. The second-order valence-corrected chi connectivity index (χ2v) is 5.52. The third-order valence-electron chi connectivity index (χ3n) is 3.29. The van der Waals surface area contributed by atoms with E-state index in [1.807, 2.05) is 24.3 Å². The Hall–Kier alpha value is -0.910. The molecule has 4 nitrogen and oxygen atoms in total. The van der Waals surface area contributed by atoms with Crippen LogP contribution < -0.4 is 5.32 Å². The van der Waals surface area contributed by atoms with Crippen LogP contribution in [0.15, 0.2) is 28.7 Å². The molecule has 0 bridgehead atoms. The van der Waals surface area contributed by atoms with Crippen LogP contribution in [-0.4, -0.2) is 48.2 Å². The molecule has 1 aromatic carbocycles. The van der Waals surface area contributed by atoms with Crippen LogP contribution in [0.1, 0.15) is 5.56 Å². The van der Waals surface area contributed by atoms with Gasteiger partial charge in [-0.15, -0.1) is 0 Å². The Kier molecular flexibility index (Phi) is 4.37. The van der Waals surface area contributed by atoms with E-state index in [1.165, 1.54) is 0 Å². The monoisotopic (exact) mass is 312 g/mol. The molecule has 0 spiro atoms. The van der Waals surface area contributed by atoms with Crippen molar-refractivity contribution in [3.8, 4) is 0 Å². The lowest BCUT2D eigenvalue weighted by atomic mass is 10.1. The van der Waals surface area contributed by atoms with Crippen molar-refractivity contribution in [2.75, 3.05) is 20.1 Å². The van der Waals surface area contributed by atoms with Crippen molar-refractivity contribution >= 4 is 21.8 Å². The molecule has 18 heavy (non-hydrogen) atoms. The average molecular weight is 313 g/mol. The Morgan fingerprint density at radius 3 is 2.94 bits per heavy atom. The number of carbonyl (C=O) groups excluding carboxylic acids is 1. The van der Waals surface area contributed by atoms with Crippen LogP contribution in [0.25, 0.3) is 0 Å². The van der Waals surface area contributed by atoms with E-state index in [2.05, 4.69) is 21.2 Å². The molecule has 1 aromatic rings. The molecule has 1 saturated heterocycles. The summed E-state index contributed by atoms with van der Waals surface area (Å²) in [4.78, 5) is 13.8. The molecule has 2 rings (SSSR count). The zero-order chi connectivity index (χ0) is 13.1. The number of hydrogen-bond acceptors (Lipinski definition) is 3. The minimum Gasteiger partial charge on any atom is -0.390 e. The van der Waals surface area contributed by atoms with Crippen LogP contribution in [0, 0.1) is 0 Å². The molecule has 0 aliphatic carbocycles. The average Bonchev–Trinajstić information content (AvgIpc) is 2.74. The fourth-order valence-electron chi connectivity index (χ4n) is 2.18. The molecule has 98 valence electrons. The van der Waals surface area contributed by atoms with Gasteiger partial charge in [0.2, 0.25) is 5.91 Å². The highest BCUT2D eigenvalue weighted by atomic mass is 79.9. The largest absolute Gasteiger partial charge is 0.390 e. The van der Waals surface area contributed by atoms with Crippen molar-refractivity contribution in [3.05, 3.63) is 34.3 Å². The van der Waals surface area contributed by atoms with Crippen LogP contribution in [0.4, 0.5) is 0 Å². The molecular weight excluding hydrogens is 296 g/mol. The molecule has 0 saturated carbocycles. The van der Waals surface area contributed by atoms with E-state index in [1.54, 1.807) is 11.9 Å². The van der Waals surface area contributed by atoms with Gasteiger partial charge in [-0.25, -0.2) is 0 Å². The van der Waals surface area contributed by atoms with Crippen LogP contribution in [0.5, 0.6) is 0 Å². The zero-order valence-corrected chi connectivity index (χ0v) is 11.9. The number of nitrogens with zero attached hydrogens (tertiary/aromatic N) is 1. The number of rotatable bonds is 3. The van der Waals surface area contributed by atoms with E-state index in [4.69, 9.17) is 0 Å². The molecule has 2 N–H and O–H groups in total. The highest BCUT2D eigenvalue weighted by molar-refractivity contribution is 9.10. The molecule has 1 amide bonds. The van der Waals surface area contributed by atoms with Crippen molar-refractivity contribution in [2.45, 2.75) is 18.6 Å². The van der Waals surface area contributed by atoms with Crippen molar-refractivity contribution in [1.29, 1.82) is 0 Å². The number of hydrogen-bond donors (Lipinski definition) is 2. The van der Waals surface area contributed by atoms with Crippen molar-refractivity contribution in [1.82, 2.24) is 10.2 Å². The summed E-state index contributed by atoms with van der Waals surface area (Å²) in [6.07, 6.45) is -0.111. The molecule has 1 fully saturated rings. The lowest BCUT2D eigenvalue weighted by Gasteiger charge is -2.26. The van der Waals surface area contributed by atoms with Gasteiger partial charge < -0.3 is 15.3 Å². The van der Waals surface area contributed by atoms with E-state index in [-0.39, 0.29) is 11.9 Å². The minimum absolute atomic E-state index is 0.0286. The molecule has 1 aliphatic heterocycles. The second kappa shape index (κ2) is 5.82. The Labute approximate surface area is 115 Å². The Morgan fingerprint density at radius 1 is 1.56 bits per heavy atom. The molecular formula is C13H17BrN2O2. The summed E-state index contributed by atoms with van der Waals surface area (Å²) in [7, 11) is 1.75. The maximum atomic E-state index is 12.1. The normalized spacial score (nSPS) is 23.1. The topological polar surface area (TPSA) is 52.6 Å². The van der Waals surface area contributed by atoms with Crippen molar-refractivity contribution < 1.29 is 9.90 Å². The Morgan fingerprint density at radius 2 is 2.33 bits per heavy atom. The summed E-state index contributed by atoms with van der Waals surface area (Å²) in [5.74, 6) is 0.0286. The number of carbonyl (C=O) groups is 1. The number of β-amino-alcohol motifs (C(OH)–C–C–N with tert-alkyl or cyclic N) is 1. The first-order valence-corrected chi connectivity index (χ1v) is 6.76. The molecule has 0 unspecified atom stereocenters. The highest BCUT2D eigenvalue weighted by Crippen LogP contribution is 2.14. The SMILES string of the molecule is CN(C(=O)Cc1cccc(Br)c1)[C@H]1CNC[C@@H]1O. The van der Waals surface area contributed by atoms with E-state index in [9.17, 15) is 9.90 Å². The van der Waals surface area contributed by atoms with Gasteiger partial charge in [-0.05, 0) is 17.7 Å². The fraction of sp³-hybridized carbons (Fsp3) is 0.462. The molecule has 2 atom stereocenters. The van der Waals surface area contributed by atoms with Crippen LogP contribution in [0.2, 0.25) is 0 Å². The van der Waals surface area contributed by atoms with Crippen LogP contribution >= 0.6 is 15.9 Å². The van der Waals surface area contributed by atoms with E-state index in [0.29, 0.717) is 19.5 Å². The first-order chi connectivity index (χ1) is 8.58. The van der Waals surface area contributed by atoms with Crippen molar-refractivity contribution in [3.63, 3.8) is 0 Å². The lowest BCUT2D eigenvalue weighted by molar-refractivity contribution is -0.132. The quantitative estimate of drug-likeness (QED) is 0.867. The Balaban J connectivity index is 1.99. The first kappa shape index (κ1) is 13.5. The van der Waals surface area contributed by atoms with Gasteiger partial charge in [-0.3, -0.25) is 4.79 Å². The van der Waals surface area contributed by atoms with Gasteiger partial charge in [-0.1, -0.05) is 28.1 Å². The maximum absolute atomic E-state index is 12.1. The number of aliphatic hydroxyl groups excluding tert-OH is 1. The van der Waals surface area contributed by atoms with Gasteiger partial charge >= 0.3 is 0 Å².